The van der Waals surface area contributed by atoms with Gasteiger partial charge in [-0.1, -0.05) is 0 Å². The van der Waals surface area contributed by atoms with Gasteiger partial charge in [0.05, 0.1) is 0 Å². The molecule has 0 nitrogen and oxygen atoms in total. The zero-order valence-electron chi connectivity index (χ0n) is 5.50. The maximum atomic E-state index is 3.15. The van der Waals surface area contributed by atoms with Gasteiger partial charge in [0.2, 0.25) is 0 Å². The summed E-state index contributed by atoms with van der Waals surface area (Å²) in [6.07, 6.45) is 0. The minimum absolute atomic E-state index is 0. The number of hydrogen-bond acceptors (Lipinski definition) is 0. The van der Waals surface area contributed by atoms with Crippen LogP contribution in [0.1, 0.15) is 0 Å². The Morgan fingerprint density at radius 1 is 1.00 bits per heavy atom. The van der Waals surface area contributed by atoms with Crippen molar-refractivity contribution >= 4 is 27.2 Å². The van der Waals surface area contributed by atoms with E-state index in [2.05, 4.69) is 33.3 Å². The topological polar surface area (TPSA) is 0 Å². The third kappa shape index (κ3) is 11.6. The minimum atomic E-state index is 0. The summed E-state index contributed by atoms with van der Waals surface area (Å²) < 4.78 is 0. The molecular weight excluding hydrogens is 345 g/mol. The van der Waals surface area contributed by atoms with Gasteiger partial charge in [0, 0.05) is 0 Å². The van der Waals surface area contributed by atoms with Crippen molar-refractivity contribution < 1.29 is 13.2 Å². The molecular formula is C7H8Br2Ru. The van der Waals surface area contributed by atoms with Crippen LogP contribution in [0.4, 0.5) is 0 Å². The molecule has 0 radical (unpaired) electrons. The van der Waals surface area contributed by atoms with Crippen LogP contribution in [0, 0.1) is 13.5 Å². The molecule has 0 heterocycles. The van der Waals surface area contributed by atoms with Crippen LogP contribution in [0.3, 0.4) is 0 Å². The molecule has 3 heteroatoms. The Balaban J connectivity index is 0. The number of halogens is 2. The summed E-state index contributed by atoms with van der Waals surface area (Å²) in [4.78, 5) is 0. The van der Waals surface area contributed by atoms with E-state index in [0.29, 0.717) is 13.2 Å². The largest absolute Gasteiger partial charge is 0.358 e. The van der Waals surface area contributed by atoms with Crippen LogP contribution < -0.4 is 0 Å². The molecule has 1 aromatic rings. The maximum absolute atomic E-state index is 3.15. The molecule has 0 fully saturated rings. The van der Waals surface area contributed by atoms with E-state index in [0.717, 1.165) is 0 Å². The van der Waals surface area contributed by atoms with Crippen molar-refractivity contribution in [3.05, 3.63) is 43.8 Å². The fraction of sp³-hybridized carbons (Fsp3) is 0. The summed E-state index contributed by atoms with van der Waals surface area (Å²) in [5.41, 5.74) is 0. The number of rotatable bonds is 0. The average Bonchev–Trinajstić information content (AvgIpc) is 1.93. The Morgan fingerprint density at radius 2 is 1.40 bits per heavy atom. The molecule has 0 unspecified atom stereocenters. The van der Waals surface area contributed by atoms with Gasteiger partial charge in [0.15, 0.2) is 0 Å². The summed E-state index contributed by atoms with van der Waals surface area (Å²) in [6, 6.07) is 12.5. The van der Waals surface area contributed by atoms with Gasteiger partial charge in [-0.3, -0.25) is 0 Å². The van der Waals surface area contributed by atoms with E-state index in [1.54, 1.807) is 0 Å². The van der Waals surface area contributed by atoms with Crippen molar-refractivity contribution in [1.29, 1.82) is 0 Å². The first kappa shape index (κ1) is 13.4. The molecule has 0 aromatic heterocycles. The van der Waals surface area contributed by atoms with Gasteiger partial charge in [0.1, 0.15) is 0 Å². The second-order valence-electron chi connectivity index (χ2n) is 1.13. The summed E-state index contributed by atoms with van der Waals surface area (Å²) in [5, 5.41) is 0. The van der Waals surface area contributed by atoms with E-state index in [1.165, 1.54) is 0 Å². The Bertz CT molecular complexity index is 94.5. The molecule has 0 aliphatic carbocycles. The molecule has 0 bridgehead atoms. The molecule has 1 aromatic carbocycles. The molecule has 0 saturated heterocycles. The molecule has 0 N–H and O–H groups in total. The summed E-state index contributed by atoms with van der Waals surface area (Å²) >= 11 is 6.64. The standard InChI is InChI=1S/C6H5.CH3.2BrH.Ru/c1-2-4-6-5-3-1;;;;/h1-5H;1H3;2*1H;/q2*-1;;;+4/p-2. The zero-order valence-corrected chi connectivity index (χ0v) is 10.4. The molecule has 0 saturated carbocycles. The smallest absolute Gasteiger partial charge is 0.171 e. The fourth-order valence-electron chi connectivity index (χ4n) is 0.342. The monoisotopic (exact) mass is 352 g/mol. The Hall–Kier alpha value is 0.803. The van der Waals surface area contributed by atoms with Crippen molar-refractivity contribution in [1.82, 2.24) is 0 Å². The summed E-state index contributed by atoms with van der Waals surface area (Å²) in [6.45, 7) is 0. The second kappa shape index (κ2) is 12.5. The zero-order chi connectivity index (χ0) is 6.95. The average molecular weight is 353 g/mol. The molecule has 0 amide bonds. The number of benzene rings is 1. The van der Waals surface area contributed by atoms with Gasteiger partial charge in [-0.05, 0) is 0 Å². The van der Waals surface area contributed by atoms with Crippen molar-refractivity contribution in [3.8, 4) is 0 Å². The van der Waals surface area contributed by atoms with Crippen LogP contribution in [0.25, 0.3) is 0 Å². The molecule has 1 rings (SSSR count). The van der Waals surface area contributed by atoms with E-state index in [9.17, 15) is 0 Å². The van der Waals surface area contributed by atoms with Crippen LogP contribution in [0.15, 0.2) is 30.3 Å². The Morgan fingerprint density at radius 3 is 1.50 bits per heavy atom. The molecule has 58 valence electrons. The normalized spacial score (nSPS) is 6.60. The SMILES string of the molecule is [Br][Ru+2][Br].[CH3-].[c-]1ccccc1. The van der Waals surface area contributed by atoms with E-state index in [1.807, 2.05) is 30.3 Å². The van der Waals surface area contributed by atoms with Crippen LogP contribution in [0.2, 0.25) is 0 Å². The van der Waals surface area contributed by atoms with Gasteiger partial charge in [-0.25, -0.2) is 0 Å². The first-order valence-corrected chi connectivity index (χ1v) is 10.1. The van der Waals surface area contributed by atoms with Gasteiger partial charge >= 0.3 is 40.5 Å². The molecule has 0 aliphatic heterocycles. The van der Waals surface area contributed by atoms with E-state index < -0.39 is 0 Å². The van der Waals surface area contributed by atoms with E-state index in [-0.39, 0.29) is 7.43 Å². The Kier molecular flexibility index (Phi) is 16.7. The van der Waals surface area contributed by atoms with Gasteiger partial charge in [-0.2, -0.15) is 36.4 Å². The van der Waals surface area contributed by atoms with Crippen molar-refractivity contribution in [2.75, 3.05) is 0 Å². The minimum Gasteiger partial charge on any atom is -0.358 e. The van der Waals surface area contributed by atoms with Crippen LogP contribution in [-0.4, -0.2) is 0 Å². The maximum Gasteiger partial charge on any atom is -0.171 e. The Labute approximate surface area is 83.7 Å². The molecule has 0 aliphatic rings. The fourth-order valence-corrected chi connectivity index (χ4v) is 0.342. The van der Waals surface area contributed by atoms with E-state index >= 15 is 0 Å². The third-order valence-corrected chi connectivity index (χ3v) is 0.607. The first-order chi connectivity index (χ1) is 4.41. The third-order valence-electron chi connectivity index (χ3n) is 0.607. The predicted octanol–water partition coefficient (Wildman–Crippen LogP) is 3.63. The summed E-state index contributed by atoms with van der Waals surface area (Å²) in [7, 11) is 0. The predicted molar refractivity (Wildman–Crippen MR) is 49.5 cm³/mol. The van der Waals surface area contributed by atoms with Gasteiger partial charge in [-0.15, -0.1) is 0 Å². The molecule has 0 spiro atoms. The van der Waals surface area contributed by atoms with Crippen molar-refractivity contribution in [2.45, 2.75) is 0 Å². The van der Waals surface area contributed by atoms with Crippen LogP contribution in [-0.2, 0) is 13.2 Å². The number of hydrogen-bond donors (Lipinski definition) is 0. The second-order valence-corrected chi connectivity index (χ2v) is 9.15. The summed E-state index contributed by atoms with van der Waals surface area (Å²) in [5.74, 6) is 0. The van der Waals surface area contributed by atoms with Crippen LogP contribution >= 0.6 is 27.2 Å². The first-order valence-electron chi connectivity index (χ1n) is 2.18. The van der Waals surface area contributed by atoms with Gasteiger partial charge in [0.25, 0.3) is 0 Å². The molecule has 10 heavy (non-hydrogen) atoms. The van der Waals surface area contributed by atoms with Crippen molar-refractivity contribution in [3.63, 3.8) is 0 Å². The van der Waals surface area contributed by atoms with Crippen LogP contribution in [0.5, 0.6) is 0 Å². The quantitative estimate of drug-likeness (QED) is 0.494. The van der Waals surface area contributed by atoms with E-state index in [4.69, 9.17) is 0 Å². The molecule has 0 atom stereocenters. The van der Waals surface area contributed by atoms with Crippen molar-refractivity contribution in [2.24, 2.45) is 0 Å². The van der Waals surface area contributed by atoms with Gasteiger partial charge < -0.3 is 7.43 Å².